The number of pyridine rings is 1. The molecule has 0 radical (unpaired) electrons. The van der Waals surface area contributed by atoms with Crippen LogP contribution in [-0.4, -0.2) is 16.7 Å². The average molecular weight is 382 g/mol. The molecule has 0 fully saturated rings. The molecule has 5 heteroatoms. The normalized spacial score (nSPS) is 14.0. The zero-order valence-electron chi connectivity index (χ0n) is 15.3. The first-order chi connectivity index (χ1) is 14.1. The van der Waals surface area contributed by atoms with E-state index in [2.05, 4.69) is 22.1 Å². The van der Waals surface area contributed by atoms with E-state index < -0.39 is 17.5 Å². The Morgan fingerprint density at radius 3 is 2.66 bits per heavy atom. The summed E-state index contributed by atoms with van der Waals surface area (Å²) in [7, 11) is 0. The summed E-state index contributed by atoms with van der Waals surface area (Å²) >= 11 is 0. The fourth-order valence-corrected chi connectivity index (χ4v) is 3.00. The third kappa shape index (κ3) is 4.12. The molecule has 4 nitrogen and oxygen atoms in total. The summed E-state index contributed by atoms with van der Waals surface area (Å²) in [6.45, 7) is 0. The second kappa shape index (κ2) is 7.91. The van der Waals surface area contributed by atoms with Crippen LogP contribution < -0.4 is 5.32 Å². The highest BCUT2D eigenvalue weighted by Gasteiger charge is 2.28. The molecule has 2 heterocycles. The molecule has 1 N–H and O–H groups in total. The number of ketones is 1. The number of carbonyl (C=O) groups is 2. The van der Waals surface area contributed by atoms with Crippen LogP contribution in [0.15, 0.2) is 72.6 Å². The Bertz CT molecular complexity index is 1200. The molecule has 0 atom stereocenters. The van der Waals surface area contributed by atoms with E-state index in [4.69, 9.17) is 0 Å². The van der Waals surface area contributed by atoms with Crippen LogP contribution in [0.2, 0.25) is 0 Å². The highest BCUT2D eigenvalue weighted by molar-refractivity contribution is 6.36. The van der Waals surface area contributed by atoms with Crippen LogP contribution in [0.25, 0.3) is 6.08 Å². The number of rotatable bonds is 2. The van der Waals surface area contributed by atoms with Crippen molar-refractivity contribution in [2.24, 2.45) is 0 Å². The van der Waals surface area contributed by atoms with Gasteiger partial charge in [0.05, 0.1) is 11.3 Å². The molecule has 1 aliphatic heterocycles. The van der Waals surface area contributed by atoms with Crippen molar-refractivity contribution >= 4 is 23.5 Å². The van der Waals surface area contributed by atoms with Gasteiger partial charge in [0.1, 0.15) is 5.82 Å². The number of benzene rings is 2. The van der Waals surface area contributed by atoms with Crippen LogP contribution in [0, 0.1) is 17.7 Å². The number of hydrogen-bond donors (Lipinski definition) is 1. The van der Waals surface area contributed by atoms with Crippen molar-refractivity contribution in [3.63, 3.8) is 0 Å². The minimum atomic E-state index is -0.511. The smallest absolute Gasteiger partial charge is 0.259 e. The maximum absolute atomic E-state index is 13.4. The lowest BCUT2D eigenvalue weighted by molar-refractivity contribution is -0.112. The monoisotopic (exact) mass is 382 g/mol. The molecule has 1 aliphatic rings. The molecule has 0 spiro atoms. The first-order valence-electron chi connectivity index (χ1n) is 8.95. The second-order valence-corrected chi connectivity index (χ2v) is 6.49. The number of nitrogens with one attached hydrogen (secondary N) is 1. The van der Waals surface area contributed by atoms with Crippen LogP contribution in [0.5, 0.6) is 0 Å². The molecule has 3 aromatic rings. The molecular weight excluding hydrogens is 367 g/mol. The first kappa shape index (κ1) is 18.3. The second-order valence-electron chi connectivity index (χ2n) is 6.49. The summed E-state index contributed by atoms with van der Waals surface area (Å²) in [6, 6.07) is 14.6. The van der Waals surface area contributed by atoms with E-state index in [1.807, 2.05) is 12.1 Å². The van der Waals surface area contributed by atoms with Gasteiger partial charge in [-0.15, -0.1) is 0 Å². The average Bonchev–Trinajstić information content (AvgIpc) is 2.72. The van der Waals surface area contributed by atoms with Crippen LogP contribution in [0.3, 0.4) is 0 Å². The number of hydrogen-bond acceptors (Lipinski definition) is 3. The molecule has 0 unspecified atom stereocenters. The number of nitrogens with zero attached hydrogens (tertiary/aromatic N) is 1. The van der Waals surface area contributed by atoms with E-state index in [1.165, 1.54) is 24.3 Å². The molecule has 1 aromatic heterocycles. The molecule has 0 saturated carbocycles. The van der Waals surface area contributed by atoms with Gasteiger partial charge < -0.3 is 5.32 Å². The number of Topliss-reactive ketones (excluding diaryl/α,β-unsaturated/α-hetero) is 1. The summed E-state index contributed by atoms with van der Waals surface area (Å²) in [5, 5.41) is 2.71. The zero-order valence-corrected chi connectivity index (χ0v) is 15.3. The fourth-order valence-electron chi connectivity index (χ4n) is 3.00. The summed E-state index contributed by atoms with van der Waals surface area (Å²) in [4.78, 5) is 29.2. The predicted molar refractivity (Wildman–Crippen MR) is 109 cm³/mol. The van der Waals surface area contributed by atoms with Gasteiger partial charge in [0.15, 0.2) is 0 Å². The van der Waals surface area contributed by atoms with Gasteiger partial charge in [-0.05, 0) is 59.7 Å². The lowest BCUT2D eigenvalue weighted by Gasteiger charge is -2.18. The fraction of sp³-hybridized carbons (Fsp3) is 0.0417. The van der Waals surface area contributed by atoms with Gasteiger partial charge in [-0.3, -0.25) is 14.6 Å². The van der Waals surface area contributed by atoms with Crippen molar-refractivity contribution in [1.29, 1.82) is 0 Å². The largest absolute Gasteiger partial charge is 0.321 e. The number of carbonyl (C=O) groups excluding carboxylic acids is 2. The van der Waals surface area contributed by atoms with Gasteiger partial charge in [0.25, 0.3) is 5.91 Å². The minimum absolute atomic E-state index is 0.0370. The van der Waals surface area contributed by atoms with Gasteiger partial charge >= 0.3 is 0 Å². The van der Waals surface area contributed by atoms with E-state index in [1.54, 1.807) is 36.7 Å². The molecular formula is C24H15FN2O2. The molecule has 0 bridgehead atoms. The number of amides is 1. The maximum Gasteiger partial charge on any atom is 0.259 e. The van der Waals surface area contributed by atoms with E-state index in [0.717, 1.165) is 5.56 Å². The lowest BCUT2D eigenvalue weighted by atomic mass is 9.93. The molecule has 29 heavy (non-hydrogen) atoms. The highest BCUT2D eigenvalue weighted by atomic mass is 19.1. The van der Waals surface area contributed by atoms with Crippen LogP contribution in [-0.2, 0) is 11.2 Å². The Balaban J connectivity index is 1.62. The molecule has 0 saturated heterocycles. The Morgan fingerprint density at radius 1 is 1.03 bits per heavy atom. The standard InChI is InChI=1S/C24H15FN2O2/c25-19-6-2-5-18(13-19)15-21-23(28)20-14-17(7-8-22(20)27-24(21)29)4-1-3-16-9-11-26-12-10-16/h2,5-15H,3H2,(H,27,29)/b21-15-. The maximum atomic E-state index is 13.4. The molecule has 0 aliphatic carbocycles. The van der Waals surface area contributed by atoms with Crippen molar-refractivity contribution in [2.75, 3.05) is 5.32 Å². The predicted octanol–water partition coefficient (Wildman–Crippen LogP) is 4.03. The Kier molecular flexibility index (Phi) is 5.00. The van der Waals surface area contributed by atoms with Gasteiger partial charge in [-0.2, -0.15) is 0 Å². The Morgan fingerprint density at radius 2 is 1.86 bits per heavy atom. The molecule has 2 aromatic carbocycles. The molecule has 1 amide bonds. The van der Waals surface area contributed by atoms with E-state index in [-0.39, 0.29) is 5.57 Å². The summed E-state index contributed by atoms with van der Waals surface area (Å²) in [5.41, 5.74) is 2.94. The van der Waals surface area contributed by atoms with Crippen LogP contribution >= 0.6 is 0 Å². The SMILES string of the molecule is O=C1Nc2ccc(C#CCc3ccncc3)cc2C(=O)/C1=C/c1cccc(F)c1. The third-order valence-electron chi connectivity index (χ3n) is 4.44. The molecule has 4 rings (SSSR count). The van der Waals surface area contributed by atoms with Gasteiger partial charge in [0, 0.05) is 29.9 Å². The zero-order chi connectivity index (χ0) is 20.2. The van der Waals surface area contributed by atoms with Crippen LogP contribution in [0.1, 0.15) is 27.0 Å². The number of fused-ring (bicyclic) bond motifs is 1. The number of aromatic nitrogens is 1. The van der Waals surface area contributed by atoms with Crippen molar-refractivity contribution in [3.8, 4) is 11.8 Å². The Hall–Kier alpha value is -4.04. The highest BCUT2D eigenvalue weighted by Crippen LogP contribution is 2.27. The van der Waals surface area contributed by atoms with Crippen molar-refractivity contribution in [1.82, 2.24) is 4.98 Å². The Labute approximate surface area is 167 Å². The topological polar surface area (TPSA) is 59.1 Å². The third-order valence-corrected chi connectivity index (χ3v) is 4.44. The van der Waals surface area contributed by atoms with Crippen LogP contribution in [0.4, 0.5) is 10.1 Å². The van der Waals surface area contributed by atoms with E-state index >= 15 is 0 Å². The summed E-state index contributed by atoms with van der Waals surface area (Å²) < 4.78 is 13.4. The van der Waals surface area contributed by atoms with Crippen molar-refractivity contribution in [3.05, 3.63) is 101 Å². The summed E-state index contributed by atoms with van der Waals surface area (Å²) in [5.74, 6) is 4.76. The first-order valence-corrected chi connectivity index (χ1v) is 8.95. The minimum Gasteiger partial charge on any atom is -0.321 e. The number of halogens is 1. The van der Waals surface area contributed by atoms with Gasteiger partial charge in [-0.25, -0.2) is 4.39 Å². The van der Waals surface area contributed by atoms with Gasteiger partial charge in [0.2, 0.25) is 5.78 Å². The summed E-state index contributed by atoms with van der Waals surface area (Å²) in [6.07, 6.45) is 5.38. The van der Waals surface area contributed by atoms with E-state index in [9.17, 15) is 14.0 Å². The van der Waals surface area contributed by atoms with Crippen molar-refractivity contribution in [2.45, 2.75) is 6.42 Å². The van der Waals surface area contributed by atoms with Gasteiger partial charge in [-0.1, -0.05) is 24.0 Å². The van der Waals surface area contributed by atoms with E-state index in [0.29, 0.717) is 28.8 Å². The molecule has 140 valence electrons. The lowest BCUT2D eigenvalue weighted by Crippen LogP contribution is -2.27. The van der Waals surface area contributed by atoms with Crippen molar-refractivity contribution < 1.29 is 14.0 Å². The quantitative estimate of drug-likeness (QED) is 0.414. The number of anilines is 1.